The van der Waals surface area contributed by atoms with E-state index >= 15 is 0 Å². The van der Waals surface area contributed by atoms with Gasteiger partial charge in [0.1, 0.15) is 6.61 Å². The lowest BCUT2D eigenvalue weighted by atomic mass is 10.1. The maximum atomic E-state index is 11.7. The van der Waals surface area contributed by atoms with Crippen molar-refractivity contribution >= 4 is 29.5 Å². The fraction of sp³-hybridized carbons (Fsp3) is 0.667. The van der Waals surface area contributed by atoms with Crippen molar-refractivity contribution in [3.63, 3.8) is 0 Å². The number of imide groups is 1. The zero-order chi connectivity index (χ0) is 23.8. The zero-order valence-corrected chi connectivity index (χ0v) is 18.4. The zero-order valence-electron chi connectivity index (χ0n) is 18.4. The van der Waals surface area contributed by atoms with Crippen molar-refractivity contribution in [2.24, 2.45) is 5.73 Å². The number of nitrogens with one attached hydrogen (secondary N) is 3. The molecule has 0 aromatic rings. The fourth-order valence-corrected chi connectivity index (χ4v) is 2.78. The molecule has 0 aromatic heterocycles. The first-order valence-corrected chi connectivity index (χ1v) is 10.5. The number of carbonyl (C=O) groups is 5. The molecule has 5 amide bonds. The molecule has 0 saturated carbocycles. The number of hydrogen-bond donors (Lipinski definition) is 4. The molecule has 188 valence electrons. The molecule has 0 spiro atoms. The molecule has 0 aliphatic carbocycles. The van der Waals surface area contributed by atoms with E-state index in [2.05, 4.69) is 16.0 Å². The van der Waals surface area contributed by atoms with Gasteiger partial charge in [0.2, 0.25) is 17.7 Å². The summed E-state index contributed by atoms with van der Waals surface area (Å²) in [6.45, 7) is 1.50. The second-order valence-electron chi connectivity index (χ2n) is 7.02. The third-order valence-corrected chi connectivity index (χ3v) is 4.57. The molecule has 1 rings (SSSR count). The number of unbranched alkanes of at least 4 members (excludes halogenated alkanes) is 1. The van der Waals surface area contributed by atoms with Gasteiger partial charge in [0.15, 0.2) is 0 Å². The van der Waals surface area contributed by atoms with Gasteiger partial charge in [-0.3, -0.25) is 28.9 Å². The average Bonchev–Trinajstić information content (AvgIpc) is 3.08. The molecule has 0 fully saturated rings. The summed E-state index contributed by atoms with van der Waals surface area (Å²) in [5.41, 5.74) is 5.23. The molecule has 1 heterocycles. The van der Waals surface area contributed by atoms with Crippen LogP contribution in [0.3, 0.4) is 0 Å². The van der Waals surface area contributed by atoms with Gasteiger partial charge in [-0.15, -0.1) is 0 Å². The standard InChI is InChI=1S/C20H33N5O7.CH4/c1-22-15(20(21)30)4-2-3-8-23-17(27)14-32-13-12-31-11-9-24-16(26)7-10-25-18(28)5-6-19(25)29;/h5-6,15,22H,2-4,7-14H2,1H3,(H2,21,30)(H,23,27)(H,24,26);1H4. The highest BCUT2D eigenvalue weighted by molar-refractivity contribution is 6.13. The summed E-state index contributed by atoms with van der Waals surface area (Å²) in [5.74, 6) is -1.74. The lowest BCUT2D eigenvalue weighted by Gasteiger charge is -2.13. The van der Waals surface area contributed by atoms with Crippen molar-refractivity contribution in [1.82, 2.24) is 20.9 Å². The Morgan fingerprint density at radius 1 is 0.970 bits per heavy atom. The molecule has 0 saturated heterocycles. The third-order valence-electron chi connectivity index (χ3n) is 4.57. The fourth-order valence-electron chi connectivity index (χ4n) is 2.78. The maximum Gasteiger partial charge on any atom is 0.253 e. The first kappa shape index (κ1) is 30.2. The Morgan fingerprint density at radius 3 is 2.24 bits per heavy atom. The lowest BCUT2D eigenvalue weighted by molar-refractivity contribution is -0.137. The highest BCUT2D eigenvalue weighted by Crippen LogP contribution is 2.04. The highest BCUT2D eigenvalue weighted by atomic mass is 16.5. The smallest absolute Gasteiger partial charge is 0.253 e. The topological polar surface area (TPSA) is 169 Å². The minimum absolute atomic E-state index is 0. The number of nitrogens with zero attached hydrogens (tertiary/aromatic N) is 1. The van der Waals surface area contributed by atoms with E-state index in [1.54, 1.807) is 7.05 Å². The van der Waals surface area contributed by atoms with Gasteiger partial charge in [0.05, 0.1) is 25.9 Å². The van der Waals surface area contributed by atoms with Crippen LogP contribution in [0.1, 0.15) is 33.1 Å². The summed E-state index contributed by atoms with van der Waals surface area (Å²) in [7, 11) is 1.68. The summed E-state index contributed by atoms with van der Waals surface area (Å²) < 4.78 is 10.5. The number of nitrogens with two attached hydrogens (primary N) is 1. The number of likely N-dealkylation sites (N-methyl/N-ethyl adjacent to an activating group) is 1. The van der Waals surface area contributed by atoms with E-state index in [-0.39, 0.29) is 77.1 Å². The van der Waals surface area contributed by atoms with E-state index < -0.39 is 11.8 Å². The van der Waals surface area contributed by atoms with E-state index in [0.29, 0.717) is 13.0 Å². The average molecular weight is 472 g/mol. The molecule has 1 aliphatic heterocycles. The summed E-state index contributed by atoms with van der Waals surface area (Å²) in [6.07, 6.45) is 4.48. The van der Waals surface area contributed by atoms with Crippen LogP contribution in [-0.4, -0.2) is 93.6 Å². The first-order chi connectivity index (χ1) is 15.3. The Kier molecular flexibility index (Phi) is 16.2. The van der Waals surface area contributed by atoms with Crippen molar-refractivity contribution in [3.8, 4) is 0 Å². The predicted octanol–water partition coefficient (Wildman–Crippen LogP) is -1.55. The quantitative estimate of drug-likeness (QED) is 0.137. The normalized spacial score (nSPS) is 13.5. The minimum atomic E-state index is -0.414. The van der Waals surface area contributed by atoms with Crippen molar-refractivity contribution in [2.45, 2.75) is 39.2 Å². The van der Waals surface area contributed by atoms with Crippen LogP contribution in [0.4, 0.5) is 0 Å². The number of amides is 5. The molecule has 5 N–H and O–H groups in total. The van der Waals surface area contributed by atoms with Crippen molar-refractivity contribution < 1.29 is 33.4 Å². The van der Waals surface area contributed by atoms with E-state index in [1.807, 2.05) is 0 Å². The molecule has 12 nitrogen and oxygen atoms in total. The summed E-state index contributed by atoms with van der Waals surface area (Å²) in [6, 6.07) is -0.355. The number of primary amides is 1. The van der Waals surface area contributed by atoms with Gasteiger partial charge in [-0.05, 0) is 26.3 Å². The van der Waals surface area contributed by atoms with Crippen LogP contribution < -0.4 is 21.7 Å². The lowest BCUT2D eigenvalue weighted by Crippen LogP contribution is -2.39. The van der Waals surface area contributed by atoms with Crippen LogP contribution in [0, 0.1) is 0 Å². The number of rotatable bonds is 18. The van der Waals surface area contributed by atoms with E-state index in [0.717, 1.165) is 17.7 Å². The Bertz CT molecular complexity index is 666. The van der Waals surface area contributed by atoms with Crippen LogP contribution in [0.25, 0.3) is 0 Å². The predicted molar refractivity (Wildman–Crippen MR) is 121 cm³/mol. The highest BCUT2D eigenvalue weighted by Gasteiger charge is 2.23. The molecular weight excluding hydrogens is 434 g/mol. The Labute approximate surface area is 194 Å². The molecule has 0 radical (unpaired) electrons. The minimum Gasteiger partial charge on any atom is -0.377 e. The first-order valence-electron chi connectivity index (χ1n) is 10.5. The largest absolute Gasteiger partial charge is 0.377 e. The van der Waals surface area contributed by atoms with Gasteiger partial charge in [-0.1, -0.05) is 7.43 Å². The van der Waals surface area contributed by atoms with Crippen molar-refractivity contribution in [3.05, 3.63) is 12.2 Å². The third kappa shape index (κ3) is 13.3. The van der Waals surface area contributed by atoms with Gasteiger partial charge in [0.25, 0.3) is 11.8 Å². The van der Waals surface area contributed by atoms with Gasteiger partial charge in [-0.25, -0.2) is 0 Å². The molecule has 1 aliphatic rings. The van der Waals surface area contributed by atoms with Crippen LogP contribution >= 0.6 is 0 Å². The van der Waals surface area contributed by atoms with Crippen LogP contribution in [0.2, 0.25) is 0 Å². The summed E-state index contributed by atoms with van der Waals surface area (Å²) in [4.78, 5) is 58.2. The van der Waals surface area contributed by atoms with Crippen LogP contribution in [0.15, 0.2) is 12.2 Å². The molecule has 1 unspecified atom stereocenters. The SMILES string of the molecule is C.CNC(CCCCNC(=O)COCCOCCNC(=O)CCN1C(=O)C=CC1=O)C(N)=O. The van der Waals surface area contributed by atoms with Crippen LogP contribution in [0.5, 0.6) is 0 Å². The van der Waals surface area contributed by atoms with Gasteiger partial charge >= 0.3 is 0 Å². The number of hydrogen-bond acceptors (Lipinski definition) is 8. The van der Waals surface area contributed by atoms with Crippen molar-refractivity contribution in [1.29, 1.82) is 0 Å². The number of ether oxygens (including phenoxy) is 2. The van der Waals surface area contributed by atoms with E-state index in [9.17, 15) is 24.0 Å². The molecule has 1 atom stereocenters. The summed E-state index contributed by atoms with van der Waals surface area (Å²) in [5, 5.41) is 8.19. The maximum absolute atomic E-state index is 11.7. The summed E-state index contributed by atoms with van der Waals surface area (Å²) >= 11 is 0. The van der Waals surface area contributed by atoms with Crippen LogP contribution in [-0.2, 0) is 33.4 Å². The van der Waals surface area contributed by atoms with Gasteiger partial charge < -0.3 is 31.2 Å². The molecule has 0 aromatic carbocycles. The molecular formula is C21H37N5O7. The Hall–Kier alpha value is -2.83. The molecule has 33 heavy (non-hydrogen) atoms. The number of carbonyl (C=O) groups excluding carboxylic acids is 5. The van der Waals surface area contributed by atoms with Crippen molar-refractivity contribution in [2.75, 3.05) is 53.1 Å². The molecule has 0 bridgehead atoms. The van der Waals surface area contributed by atoms with Gasteiger partial charge in [-0.2, -0.15) is 0 Å². The Morgan fingerprint density at radius 2 is 1.61 bits per heavy atom. The van der Waals surface area contributed by atoms with Gasteiger partial charge in [0, 0.05) is 38.2 Å². The second kappa shape index (κ2) is 17.7. The van der Waals surface area contributed by atoms with E-state index in [4.69, 9.17) is 15.2 Å². The Balaban J connectivity index is 0.0000102. The van der Waals surface area contributed by atoms with E-state index in [1.165, 1.54) is 12.2 Å². The monoisotopic (exact) mass is 471 g/mol. The molecule has 12 heteroatoms. The second-order valence-corrected chi connectivity index (χ2v) is 7.02.